The molecular weight excluding hydrogens is 337 g/mol. The van der Waals surface area contributed by atoms with E-state index in [1.54, 1.807) is 13.8 Å². The minimum atomic E-state index is -4.65. The molecule has 2 unspecified atom stereocenters. The highest BCUT2D eigenvalue weighted by atomic mass is 35.5. The Kier molecular flexibility index (Phi) is 5.05. The molecule has 0 radical (unpaired) electrons. The average molecular weight is 353 g/mol. The maximum absolute atomic E-state index is 12.8. The van der Waals surface area contributed by atoms with Gasteiger partial charge in [-0.25, -0.2) is 0 Å². The van der Waals surface area contributed by atoms with Crippen LogP contribution in [0.4, 0.5) is 13.2 Å². The van der Waals surface area contributed by atoms with Crippen LogP contribution >= 0.6 is 11.6 Å². The van der Waals surface area contributed by atoms with Gasteiger partial charge >= 0.3 is 6.18 Å². The number of hydrogen-bond donors (Lipinski definition) is 0. The molecule has 1 aromatic rings. The van der Waals surface area contributed by atoms with Crippen molar-refractivity contribution in [3.8, 4) is 0 Å². The van der Waals surface area contributed by atoms with Crippen molar-refractivity contribution in [2.24, 2.45) is 0 Å². The van der Waals surface area contributed by atoms with Crippen LogP contribution in [0, 0.1) is 0 Å². The van der Waals surface area contributed by atoms with E-state index >= 15 is 0 Å². The van der Waals surface area contributed by atoms with Gasteiger partial charge in [0.25, 0.3) is 5.56 Å². The zero-order chi connectivity index (χ0) is 17.4. The van der Waals surface area contributed by atoms with Crippen LogP contribution in [0.5, 0.6) is 0 Å². The lowest BCUT2D eigenvalue weighted by atomic mass is 10.2. The van der Waals surface area contributed by atoms with Crippen LogP contribution in [-0.2, 0) is 22.3 Å². The summed E-state index contributed by atoms with van der Waals surface area (Å²) in [5, 5.41) is -0.573. The third-order valence-electron chi connectivity index (χ3n) is 3.45. The van der Waals surface area contributed by atoms with E-state index in [-0.39, 0.29) is 12.2 Å². The fourth-order valence-electron chi connectivity index (χ4n) is 2.50. The number of ether oxygens (including phenoxy) is 1. The molecule has 1 aliphatic heterocycles. The molecule has 0 bridgehead atoms. The zero-order valence-electron chi connectivity index (χ0n) is 12.6. The normalized spacial score (nSPS) is 22.3. The number of halogens is 4. The van der Waals surface area contributed by atoms with Gasteiger partial charge in [-0.3, -0.25) is 9.59 Å². The molecule has 0 aromatic carbocycles. The molecule has 0 spiro atoms. The molecule has 0 saturated carbocycles. The summed E-state index contributed by atoms with van der Waals surface area (Å²) in [4.78, 5) is 25.6. The lowest BCUT2D eigenvalue weighted by molar-refractivity contribution is -0.144. The van der Waals surface area contributed by atoms with E-state index in [0.717, 1.165) is 0 Å². The Balaban J connectivity index is 2.24. The van der Waals surface area contributed by atoms with Gasteiger partial charge in [0.05, 0.1) is 17.8 Å². The van der Waals surface area contributed by atoms with Crippen molar-refractivity contribution in [3.63, 3.8) is 0 Å². The number of alkyl halides is 3. The Morgan fingerprint density at radius 3 is 2.43 bits per heavy atom. The number of amides is 1. The number of carbonyl (C=O) groups is 1. The van der Waals surface area contributed by atoms with Gasteiger partial charge in [-0.15, -0.1) is 0 Å². The Labute approximate surface area is 135 Å². The number of nitrogens with zero attached hydrogens (tertiary/aromatic N) is 2. The maximum atomic E-state index is 12.8. The largest absolute Gasteiger partial charge is 0.417 e. The van der Waals surface area contributed by atoms with E-state index in [1.165, 1.54) is 4.90 Å². The molecule has 9 heteroatoms. The average Bonchev–Trinajstić information content (AvgIpc) is 2.41. The van der Waals surface area contributed by atoms with Crippen molar-refractivity contribution in [3.05, 3.63) is 33.2 Å². The first kappa shape index (κ1) is 17.8. The van der Waals surface area contributed by atoms with E-state index in [1.807, 2.05) is 0 Å². The molecular formula is C14H16ClF3N2O3. The van der Waals surface area contributed by atoms with Gasteiger partial charge < -0.3 is 14.2 Å². The topological polar surface area (TPSA) is 51.5 Å². The third kappa shape index (κ3) is 4.26. The predicted molar refractivity (Wildman–Crippen MR) is 77.3 cm³/mol. The first-order chi connectivity index (χ1) is 10.6. The highest BCUT2D eigenvalue weighted by Crippen LogP contribution is 2.29. The minimum Gasteiger partial charge on any atom is -0.372 e. The number of morpholine rings is 1. The van der Waals surface area contributed by atoms with Crippen molar-refractivity contribution >= 4 is 17.5 Å². The summed E-state index contributed by atoms with van der Waals surface area (Å²) >= 11 is 5.56. The Hall–Kier alpha value is -1.54. The Morgan fingerprint density at radius 1 is 1.35 bits per heavy atom. The molecule has 1 fully saturated rings. The molecule has 2 atom stereocenters. The van der Waals surface area contributed by atoms with E-state index in [2.05, 4.69) is 0 Å². The smallest absolute Gasteiger partial charge is 0.372 e. The van der Waals surface area contributed by atoms with Gasteiger partial charge in [0.15, 0.2) is 0 Å². The second-order valence-electron chi connectivity index (χ2n) is 5.56. The van der Waals surface area contributed by atoms with Crippen molar-refractivity contribution in [2.75, 3.05) is 13.1 Å². The molecule has 0 N–H and O–H groups in total. The summed E-state index contributed by atoms with van der Waals surface area (Å²) in [6, 6.07) is 0.559. The Bertz CT molecular complexity index is 650. The monoisotopic (exact) mass is 352 g/mol. The Morgan fingerprint density at radius 2 is 1.91 bits per heavy atom. The number of hydrogen-bond acceptors (Lipinski definition) is 3. The van der Waals surface area contributed by atoms with Crippen LogP contribution in [0.25, 0.3) is 0 Å². The minimum absolute atomic E-state index is 0.176. The van der Waals surface area contributed by atoms with Gasteiger partial charge in [0.2, 0.25) is 5.91 Å². The second-order valence-corrected chi connectivity index (χ2v) is 5.97. The molecule has 128 valence electrons. The third-order valence-corrected chi connectivity index (χ3v) is 3.72. The van der Waals surface area contributed by atoms with E-state index in [4.69, 9.17) is 16.3 Å². The fraction of sp³-hybridized carbons (Fsp3) is 0.571. The molecule has 0 aliphatic carbocycles. The van der Waals surface area contributed by atoms with Crippen LogP contribution < -0.4 is 5.56 Å². The first-order valence-electron chi connectivity index (χ1n) is 6.98. The van der Waals surface area contributed by atoms with Crippen LogP contribution in [0.15, 0.2) is 17.1 Å². The summed E-state index contributed by atoms with van der Waals surface area (Å²) in [5.74, 6) is -0.454. The van der Waals surface area contributed by atoms with Crippen molar-refractivity contribution in [1.82, 2.24) is 9.47 Å². The van der Waals surface area contributed by atoms with Gasteiger partial charge in [-0.05, 0) is 19.9 Å². The van der Waals surface area contributed by atoms with Crippen molar-refractivity contribution < 1.29 is 22.7 Å². The summed E-state index contributed by atoms with van der Waals surface area (Å²) in [6.45, 7) is 3.74. The highest BCUT2D eigenvalue weighted by molar-refractivity contribution is 6.30. The number of carbonyl (C=O) groups excluding carboxylic acids is 1. The molecule has 1 amide bonds. The van der Waals surface area contributed by atoms with Gasteiger partial charge in [-0.1, -0.05) is 11.6 Å². The first-order valence-corrected chi connectivity index (χ1v) is 7.36. The zero-order valence-corrected chi connectivity index (χ0v) is 13.3. The molecule has 5 nitrogen and oxygen atoms in total. The highest BCUT2D eigenvalue weighted by Gasteiger charge is 2.33. The van der Waals surface area contributed by atoms with Crippen LogP contribution in [0.1, 0.15) is 19.4 Å². The second kappa shape index (κ2) is 6.52. The quantitative estimate of drug-likeness (QED) is 0.819. The molecule has 1 aliphatic rings. The summed E-state index contributed by atoms with van der Waals surface area (Å²) in [5.41, 5.74) is -1.90. The van der Waals surface area contributed by atoms with Crippen LogP contribution in [0.2, 0.25) is 5.02 Å². The van der Waals surface area contributed by atoms with Crippen molar-refractivity contribution in [2.45, 2.75) is 38.8 Å². The molecule has 2 heterocycles. The number of aromatic nitrogens is 1. The van der Waals surface area contributed by atoms with E-state index in [9.17, 15) is 22.8 Å². The molecule has 1 aromatic heterocycles. The lowest BCUT2D eigenvalue weighted by Gasteiger charge is -2.35. The maximum Gasteiger partial charge on any atom is 0.417 e. The summed E-state index contributed by atoms with van der Waals surface area (Å²) in [6.07, 6.45) is -4.39. The van der Waals surface area contributed by atoms with Crippen LogP contribution in [-0.4, -0.2) is 40.7 Å². The standard InChI is InChI=1S/C14H16ClF3N2O3/c1-8-4-19(5-9(2)23-8)12(21)7-20-6-10(14(16,17)18)3-11(15)13(20)22/h3,6,8-9H,4-5,7H2,1-2H3. The van der Waals surface area contributed by atoms with Gasteiger partial charge in [0.1, 0.15) is 11.6 Å². The lowest BCUT2D eigenvalue weighted by Crippen LogP contribution is -2.49. The van der Waals surface area contributed by atoms with Crippen molar-refractivity contribution in [1.29, 1.82) is 0 Å². The molecule has 23 heavy (non-hydrogen) atoms. The predicted octanol–water partition coefficient (Wildman–Crippen LogP) is 2.16. The fourth-order valence-corrected chi connectivity index (χ4v) is 2.73. The summed E-state index contributed by atoms with van der Waals surface area (Å²) in [7, 11) is 0. The number of rotatable bonds is 2. The van der Waals surface area contributed by atoms with Gasteiger partial charge in [-0.2, -0.15) is 13.2 Å². The van der Waals surface area contributed by atoms with E-state index < -0.39 is 34.8 Å². The van der Waals surface area contributed by atoms with E-state index in [0.29, 0.717) is 29.9 Å². The van der Waals surface area contributed by atoms with Crippen LogP contribution in [0.3, 0.4) is 0 Å². The number of pyridine rings is 1. The summed E-state index contributed by atoms with van der Waals surface area (Å²) < 4.78 is 44.5. The molecule has 2 rings (SSSR count). The SMILES string of the molecule is CC1CN(C(=O)Cn2cc(C(F)(F)F)cc(Cl)c2=O)CC(C)O1. The molecule has 1 saturated heterocycles. The van der Waals surface area contributed by atoms with Gasteiger partial charge in [0, 0.05) is 19.3 Å².